The van der Waals surface area contributed by atoms with Gasteiger partial charge in [0, 0.05) is 73.5 Å². The van der Waals surface area contributed by atoms with Gasteiger partial charge in [-0.15, -0.1) is 0 Å². The van der Waals surface area contributed by atoms with Crippen molar-refractivity contribution < 1.29 is 0 Å². The van der Waals surface area contributed by atoms with Crippen LogP contribution in [0.15, 0.2) is 73.6 Å². The lowest BCUT2D eigenvalue weighted by Gasteiger charge is -2.10. The summed E-state index contributed by atoms with van der Waals surface area (Å²) in [5, 5.41) is 0. The highest BCUT2D eigenvalue weighted by Gasteiger charge is 2.28. The van der Waals surface area contributed by atoms with E-state index in [0.29, 0.717) is 0 Å². The van der Waals surface area contributed by atoms with E-state index in [1.807, 2.05) is 36.8 Å². The second kappa shape index (κ2) is 10.8. The monoisotopic (exact) mass is 555 g/mol. The number of aryl methyl sites for hydroxylation is 3. The molecule has 0 spiro atoms. The second-order valence-electron chi connectivity index (χ2n) is 10.6. The molecule has 0 aliphatic rings. The quantitative estimate of drug-likeness (QED) is 0.188. The van der Waals surface area contributed by atoms with E-state index >= 15 is 0 Å². The van der Waals surface area contributed by atoms with Crippen LogP contribution < -0.4 is 0 Å². The van der Waals surface area contributed by atoms with Crippen molar-refractivity contribution >= 4 is 33.1 Å². The van der Waals surface area contributed by atoms with Crippen LogP contribution in [0.2, 0.25) is 0 Å². The van der Waals surface area contributed by atoms with Crippen LogP contribution in [-0.4, -0.2) is 43.6 Å². The molecule has 0 aliphatic carbocycles. The minimum atomic E-state index is 0.807. The fourth-order valence-corrected chi connectivity index (χ4v) is 6.04. The fraction of sp³-hybridized carbons (Fsp3) is 0.273. The standard InChI is InChI=1S/C33H33N9/c1-4-16-40-28-25(37-31(40)22-10-7-13-34-19-22)29-27(39-33(41(29)17-5-2)24-12-9-15-36-21-24)30-26(28)38-32(42(30)18-6-3)23-11-8-14-35-20-23/h7-15,19-21H,4-6,16-18H2,1-3H3. The smallest absolute Gasteiger partial charge is 0.142 e. The third-order valence-electron chi connectivity index (χ3n) is 7.68. The fourth-order valence-electron chi connectivity index (χ4n) is 6.04. The predicted molar refractivity (Wildman–Crippen MR) is 167 cm³/mol. The van der Waals surface area contributed by atoms with Crippen molar-refractivity contribution in [3.05, 3.63) is 73.6 Å². The van der Waals surface area contributed by atoms with Crippen molar-refractivity contribution in [2.24, 2.45) is 0 Å². The topological polar surface area (TPSA) is 92.1 Å². The van der Waals surface area contributed by atoms with Gasteiger partial charge in [0.05, 0.1) is 16.6 Å². The maximum absolute atomic E-state index is 5.37. The number of aromatic nitrogens is 9. The normalized spacial score (nSPS) is 11.8. The summed E-state index contributed by atoms with van der Waals surface area (Å²) >= 11 is 0. The Morgan fingerprint density at radius 3 is 1.02 bits per heavy atom. The van der Waals surface area contributed by atoms with Crippen molar-refractivity contribution in [3.63, 3.8) is 0 Å². The molecule has 0 aliphatic heterocycles. The highest BCUT2D eigenvalue weighted by Crippen LogP contribution is 2.41. The van der Waals surface area contributed by atoms with Crippen LogP contribution in [0.3, 0.4) is 0 Å². The van der Waals surface area contributed by atoms with E-state index in [4.69, 9.17) is 15.0 Å². The molecule has 0 fully saturated rings. The zero-order chi connectivity index (χ0) is 28.6. The molecular weight excluding hydrogens is 522 g/mol. The first-order valence-electron chi connectivity index (χ1n) is 14.8. The van der Waals surface area contributed by atoms with E-state index in [-0.39, 0.29) is 0 Å². The highest BCUT2D eigenvalue weighted by atomic mass is 15.2. The number of nitrogens with zero attached hydrogens (tertiary/aromatic N) is 9. The number of hydrogen-bond acceptors (Lipinski definition) is 6. The van der Waals surface area contributed by atoms with E-state index in [0.717, 1.165) is 106 Å². The summed E-state index contributed by atoms with van der Waals surface area (Å²) in [6.07, 6.45) is 14.0. The van der Waals surface area contributed by atoms with Gasteiger partial charge in [-0.25, -0.2) is 15.0 Å². The first kappa shape index (κ1) is 26.0. The summed E-state index contributed by atoms with van der Waals surface area (Å²) in [5.74, 6) is 2.69. The number of pyridine rings is 3. The summed E-state index contributed by atoms with van der Waals surface area (Å²) in [6.45, 7) is 9.03. The minimum Gasteiger partial charge on any atom is -0.322 e. The Labute approximate surface area is 244 Å². The van der Waals surface area contributed by atoms with E-state index in [9.17, 15) is 0 Å². The Balaban J connectivity index is 1.72. The molecule has 6 heterocycles. The maximum atomic E-state index is 5.37. The molecule has 0 radical (unpaired) electrons. The summed E-state index contributed by atoms with van der Waals surface area (Å²) in [5.41, 5.74) is 8.81. The first-order chi connectivity index (χ1) is 20.7. The van der Waals surface area contributed by atoms with E-state index in [1.165, 1.54) is 0 Å². The van der Waals surface area contributed by atoms with Gasteiger partial charge in [0.1, 0.15) is 34.0 Å². The number of fused-ring (bicyclic) bond motifs is 6. The number of benzene rings is 1. The molecule has 42 heavy (non-hydrogen) atoms. The molecule has 0 saturated carbocycles. The lowest BCUT2D eigenvalue weighted by atomic mass is 10.2. The van der Waals surface area contributed by atoms with Crippen LogP contribution in [0, 0.1) is 0 Å². The summed E-state index contributed by atoms with van der Waals surface area (Å²) in [6, 6.07) is 12.1. The molecule has 0 unspecified atom stereocenters. The van der Waals surface area contributed by atoms with Crippen LogP contribution in [0.5, 0.6) is 0 Å². The molecule has 0 atom stereocenters. The largest absolute Gasteiger partial charge is 0.322 e. The van der Waals surface area contributed by atoms with Gasteiger partial charge in [-0.1, -0.05) is 20.8 Å². The molecule has 0 amide bonds. The van der Waals surface area contributed by atoms with Gasteiger partial charge in [0.25, 0.3) is 0 Å². The van der Waals surface area contributed by atoms with E-state index < -0.39 is 0 Å². The summed E-state index contributed by atoms with van der Waals surface area (Å²) in [4.78, 5) is 29.4. The maximum Gasteiger partial charge on any atom is 0.142 e. The number of hydrogen-bond donors (Lipinski definition) is 0. The van der Waals surface area contributed by atoms with Crippen LogP contribution in [-0.2, 0) is 19.6 Å². The van der Waals surface area contributed by atoms with Gasteiger partial charge in [-0.3, -0.25) is 15.0 Å². The van der Waals surface area contributed by atoms with Crippen LogP contribution in [0.25, 0.3) is 67.3 Å². The highest BCUT2D eigenvalue weighted by molar-refractivity contribution is 6.21. The summed E-state index contributed by atoms with van der Waals surface area (Å²) in [7, 11) is 0. The third kappa shape index (κ3) is 4.07. The zero-order valence-corrected chi connectivity index (χ0v) is 24.2. The molecule has 9 nitrogen and oxygen atoms in total. The molecule has 7 rings (SSSR count). The molecule has 6 aromatic heterocycles. The van der Waals surface area contributed by atoms with Crippen molar-refractivity contribution in [3.8, 4) is 34.2 Å². The zero-order valence-electron chi connectivity index (χ0n) is 24.2. The van der Waals surface area contributed by atoms with Gasteiger partial charge in [-0.05, 0) is 55.7 Å². The van der Waals surface area contributed by atoms with Gasteiger partial charge in [0.15, 0.2) is 0 Å². The summed E-state index contributed by atoms with van der Waals surface area (Å²) < 4.78 is 6.99. The Kier molecular flexibility index (Phi) is 6.70. The molecule has 210 valence electrons. The second-order valence-corrected chi connectivity index (χ2v) is 10.6. The van der Waals surface area contributed by atoms with Gasteiger partial charge < -0.3 is 13.7 Å². The first-order valence-corrected chi connectivity index (χ1v) is 14.8. The predicted octanol–water partition coefficient (Wildman–Crippen LogP) is 7.15. The Morgan fingerprint density at radius 1 is 0.476 bits per heavy atom. The minimum absolute atomic E-state index is 0.807. The molecule has 7 aromatic rings. The van der Waals surface area contributed by atoms with Crippen molar-refractivity contribution in [2.45, 2.75) is 59.7 Å². The van der Waals surface area contributed by atoms with Gasteiger partial charge in [-0.2, -0.15) is 0 Å². The van der Waals surface area contributed by atoms with E-state index in [1.54, 1.807) is 18.6 Å². The molecule has 0 saturated heterocycles. The molecule has 9 heteroatoms. The van der Waals surface area contributed by atoms with Crippen LogP contribution in [0.1, 0.15) is 40.0 Å². The molecule has 1 aromatic carbocycles. The SMILES string of the molecule is CCCn1c(-c2cccnc2)nc2c1c1nc(-c3cccnc3)n(CCC)c1c1nc(-c3cccnc3)n(CCC)c21. The lowest BCUT2D eigenvalue weighted by Crippen LogP contribution is -2.02. The number of imidazole rings is 3. The Morgan fingerprint density at radius 2 is 0.786 bits per heavy atom. The molecule has 0 N–H and O–H groups in total. The van der Waals surface area contributed by atoms with E-state index in [2.05, 4.69) is 67.6 Å². The van der Waals surface area contributed by atoms with Crippen LogP contribution in [0.4, 0.5) is 0 Å². The van der Waals surface area contributed by atoms with Crippen molar-refractivity contribution in [2.75, 3.05) is 0 Å². The van der Waals surface area contributed by atoms with Crippen LogP contribution >= 0.6 is 0 Å². The molecule has 0 bridgehead atoms. The van der Waals surface area contributed by atoms with Crippen molar-refractivity contribution in [1.29, 1.82) is 0 Å². The van der Waals surface area contributed by atoms with Gasteiger partial charge in [0.2, 0.25) is 0 Å². The molecular formula is C33H33N9. The average molecular weight is 556 g/mol. The Hall–Kier alpha value is -4.92. The average Bonchev–Trinajstić information content (AvgIpc) is 3.71. The Bertz CT molecular complexity index is 1740. The third-order valence-corrected chi connectivity index (χ3v) is 7.68. The number of rotatable bonds is 9. The van der Waals surface area contributed by atoms with Gasteiger partial charge >= 0.3 is 0 Å². The lowest BCUT2D eigenvalue weighted by molar-refractivity contribution is 0.703. The van der Waals surface area contributed by atoms with Crippen molar-refractivity contribution in [1.82, 2.24) is 43.6 Å².